The topological polar surface area (TPSA) is 64.0 Å². The Bertz CT molecular complexity index is 588. The minimum Gasteiger partial charge on any atom is -0.298 e. The minimum atomic E-state index is -0.262. The summed E-state index contributed by atoms with van der Waals surface area (Å²) in [5.41, 5.74) is 5.27. The van der Waals surface area contributed by atoms with Crippen LogP contribution in [-0.2, 0) is 0 Å². The third-order valence-electron chi connectivity index (χ3n) is 2.73. The van der Waals surface area contributed by atoms with E-state index in [1.54, 1.807) is 36.0 Å². The molecule has 18 heavy (non-hydrogen) atoms. The second kappa shape index (κ2) is 4.83. The van der Waals surface area contributed by atoms with Gasteiger partial charge in [0, 0.05) is 29.3 Å². The summed E-state index contributed by atoms with van der Waals surface area (Å²) in [7, 11) is 0. The monoisotopic (exact) mass is 243 g/mol. The smallest absolute Gasteiger partial charge is 0.271 e. The standard InChI is InChI=1S/C13H13N3O2/c1-9-6-12(8-17)10(2)16(9)15-13(18)11-4-3-5-14-7-11/h3-8H,1-2H3,(H,15,18). The normalized spacial score (nSPS) is 10.1. The van der Waals surface area contributed by atoms with Crippen molar-refractivity contribution >= 4 is 12.2 Å². The number of aldehydes is 1. The number of nitrogens with one attached hydrogen (secondary N) is 1. The van der Waals surface area contributed by atoms with Crippen molar-refractivity contribution in [1.29, 1.82) is 0 Å². The number of hydrogen-bond acceptors (Lipinski definition) is 3. The summed E-state index contributed by atoms with van der Waals surface area (Å²) in [6.45, 7) is 3.60. The second-order valence-corrected chi connectivity index (χ2v) is 3.96. The van der Waals surface area contributed by atoms with Crippen molar-refractivity contribution in [3.8, 4) is 0 Å². The van der Waals surface area contributed by atoms with E-state index in [1.807, 2.05) is 6.92 Å². The summed E-state index contributed by atoms with van der Waals surface area (Å²) in [5, 5.41) is 0. The van der Waals surface area contributed by atoms with Crippen molar-refractivity contribution in [2.75, 3.05) is 5.43 Å². The highest BCUT2D eigenvalue weighted by atomic mass is 16.2. The maximum atomic E-state index is 12.0. The number of hydrogen-bond donors (Lipinski definition) is 1. The van der Waals surface area contributed by atoms with Crippen LogP contribution >= 0.6 is 0 Å². The van der Waals surface area contributed by atoms with E-state index in [2.05, 4.69) is 10.4 Å². The van der Waals surface area contributed by atoms with Crippen molar-refractivity contribution in [3.63, 3.8) is 0 Å². The lowest BCUT2D eigenvalue weighted by Crippen LogP contribution is -2.24. The van der Waals surface area contributed by atoms with Crippen LogP contribution in [0.4, 0.5) is 0 Å². The Balaban J connectivity index is 2.27. The molecule has 0 bridgehead atoms. The first-order valence-corrected chi connectivity index (χ1v) is 5.49. The summed E-state index contributed by atoms with van der Waals surface area (Å²) in [4.78, 5) is 26.7. The fourth-order valence-corrected chi connectivity index (χ4v) is 1.74. The zero-order valence-corrected chi connectivity index (χ0v) is 10.2. The summed E-state index contributed by atoms with van der Waals surface area (Å²) in [5.74, 6) is -0.262. The van der Waals surface area contributed by atoms with Gasteiger partial charge in [-0.1, -0.05) is 0 Å². The lowest BCUT2D eigenvalue weighted by molar-refractivity contribution is 0.101. The van der Waals surface area contributed by atoms with Crippen LogP contribution in [0.5, 0.6) is 0 Å². The molecule has 5 nitrogen and oxygen atoms in total. The Morgan fingerprint density at radius 1 is 1.44 bits per heavy atom. The molecule has 0 saturated carbocycles. The molecule has 5 heteroatoms. The predicted octanol–water partition coefficient (Wildman–Crippen LogP) is 1.70. The number of aryl methyl sites for hydroxylation is 1. The maximum absolute atomic E-state index is 12.0. The van der Waals surface area contributed by atoms with Gasteiger partial charge in [0.15, 0.2) is 6.29 Å². The third kappa shape index (κ3) is 2.15. The summed E-state index contributed by atoms with van der Waals surface area (Å²) in [6.07, 6.45) is 3.87. The highest BCUT2D eigenvalue weighted by Gasteiger charge is 2.11. The number of carbonyl (C=O) groups is 2. The quantitative estimate of drug-likeness (QED) is 0.834. The molecule has 2 rings (SSSR count). The van der Waals surface area contributed by atoms with Gasteiger partial charge in [0.25, 0.3) is 5.91 Å². The Kier molecular flexibility index (Phi) is 3.23. The first-order chi connectivity index (χ1) is 8.63. The van der Waals surface area contributed by atoms with Crippen molar-refractivity contribution in [2.45, 2.75) is 13.8 Å². The van der Waals surface area contributed by atoms with Crippen LogP contribution < -0.4 is 5.43 Å². The van der Waals surface area contributed by atoms with E-state index in [1.165, 1.54) is 6.20 Å². The van der Waals surface area contributed by atoms with Crippen molar-refractivity contribution in [1.82, 2.24) is 9.66 Å². The number of amides is 1. The number of carbonyl (C=O) groups excluding carboxylic acids is 2. The molecular formula is C13H13N3O2. The van der Waals surface area contributed by atoms with Crippen LogP contribution in [-0.4, -0.2) is 21.9 Å². The fraction of sp³-hybridized carbons (Fsp3) is 0.154. The van der Waals surface area contributed by atoms with Crippen molar-refractivity contribution < 1.29 is 9.59 Å². The van der Waals surface area contributed by atoms with Gasteiger partial charge in [0.1, 0.15) is 0 Å². The molecule has 2 aromatic heterocycles. The molecule has 1 amide bonds. The molecule has 0 atom stereocenters. The minimum absolute atomic E-state index is 0.262. The predicted molar refractivity (Wildman–Crippen MR) is 67.2 cm³/mol. The van der Waals surface area contributed by atoms with Gasteiger partial charge < -0.3 is 0 Å². The van der Waals surface area contributed by atoms with Crippen molar-refractivity contribution in [3.05, 3.63) is 53.1 Å². The first kappa shape index (κ1) is 12.0. The van der Waals surface area contributed by atoms with Crippen LogP contribution in [0.15, 0.2) is 30.6 Å². The maximum Gasteiger partial charge on any atom is 0.271 e. The van der Waals surface area contributed by atoms with Crippen LogP contribution in [0.2, 0.25) is 0 Å². The van der Waals surface area contributed by atoms with Gasteiger partial charge in [-0.15, -0.1) is 0 Å². The molecule has 2 heterocycles. The van der Waals surface area contributed by atoms with Crippen LogP contribution in [0.25, 0.3) is 0 Å². The van der Waals surface area contributed by atoms with Gasteiger partial charge in [0.05, 0.1) is 5.56 Å². The van der Waals surface area contributed by atoms with Gasteiger partial charge in [-0.3, -0.25) is 24.7 Å². The molecule has 0 aliphatic rings. The number of pyridine rings is 1. The Hall–Kier alpha value is -2.43. The Morgan fingerprint density at radius 2 is 2.22 bits per heavy atom. The molecule has 0 aliphatic heterocycles. The molecule has 0 aromatic carbocycles. The first-order valence-electron chi connectivity index (χ1n) is 5.49. The average molecular weight is 243 g/mol. The average Bonchev–Trinajstić information content (AvgIpc) is 2.67. The van der Waals surface area contributed by atoms with Gasteiger partial charge in [-0.25, -0.2) is 0 Å². The molecule has 1 N–H and O–H groups in total. The van der Waals surface area contributed by atoms with Crippen molar-refractivity contribution in [2.24, 2.45) is 0 Å². The SMILES string of the molecule is Cc1cc(C=O)c(C)n1NC(=O)c1cccnc1. The summed E-state index contributed by atoms with van der Waals surface area (Å²) in [6, 6.07) is 5.10. The number of rotatable bonds is 3. The lowest BCUT2D eigenvalue weighted by Gasteiger charge is -2.11. The Labute approximate surface area is 104 Å². The molecular weight excluding hydrogens is 230 g/mol. The molecule has 0 radical (unpaired) electrons. The van der Waals surface area contributed by atoms with Crippen LogP contribution in [0.1, 0.15) is 32.1 Å². The van der Waals surface area contributed by atoms with E-state index in [4.69, 9.17) is 0 Å². The molecule has 0 aliphatic carbocycles. The summed E-state index contributed by atoms with van der Waals surface area (Å²) >= 11 is 0. The van der Waals surface area contributed by atoms with E-state index >= 15 is 0 Å². The molecule has 2 aromatic rings. The van der Waals surface area contributed by atoms with Gasteiger partial charge >= 0.3 is 0 Å². The number of aromatic nitrogens is 2. The Morgan fingerprint density at radius 3 is 2.78 bits per heavy atom. The molecule has 0 spiro atoms. The van der Waals surface area contributed by atoms with Gasteiger partial charge in [-0.2, -0.15) is 0 Å². The van der Waals surface area contributed by atoms with E-state index < -0.39 is 0 Å². The molecule has 0 unspecified atom stereocenters. The van der Waals surface area contributed by atoms with E-state index in [9.17, 15) is 9.59 Å². The van der Waals surface area contributed by atoms with Gasteiger partial charge in [-0.05, 0) is 32.0 Å². The van der Waals surface area contributed by atoms with Gasteiger partial charge in [0.2, 0.25) is 0 Å². The molecule has 0 fully saturated rings. The summed E-state index contributed by atoms with van der Waals surface area (Å²) < 4.78 is 1.60. The zero-order chi connectivity index (χ0) is 13.1. The highest BCUT2D eigenvalue weighted by Crippen LogP contribution is 2.11. The zero-order valence-electron chi connectivity index (χ0n) is 10.2. The fourth-order valence-electron chi connectivity index (χ4n) is 1.74. The molecule has 92 valence electrons. The van der Waals surface area contributed by atoms with E-state index in [-0.39, 0.29) is 5.91 Å². The van der Waals surface area contributed by atoms with Crippen LogP contribution in [0.3, 0.4) is 0 Å². The van der Waals surface area contributed by atoms with E-state index in [0.717, 1.165) is 12.0 Å². The largest absolute Gasteiger partial charge is 0.298 e. The second-order valence-electron chi connectivity index (χ2n) is 3.96. The lowest BCUT2D eigenvalue weighted by atomic mass is 10.3. The van der Waals surface area contributed by atoms with E-state index in [0.29, 0.717) is 16.8 Å². The molecule has 0 saturated heterocycles. The van der Waals surface area contributed by atoms with Crippen LogP contribution in [0, 0.1) is 13.8 Å². The highest BCUT2D eigenvalue weighted by molar-refractivity contribution is 5.99. The third-order valence-corrected chi connectivity index (χ3v) is 2.73. The number of nitrogens with zero attached hydrogens (tertiary/aromatic N) is 2.